The summed E-state index contributed by atoms with van der Waals surface area (Å²) in [4.78, 5) is 17.2. The molecular formula is C27H22Cl2FN3O4S. The number of rotatable bonds is 8. The van der Waals surface area contributed by atoms with E-state index in [0.29, 0.717) is 38.2 Å². The maximum Gasteiger partial charge on any atom is 0.257 e. The van der Waals surface area contributed by atoms with Gasteiger partial charge in [-0.1, -0.05) is 52.6 Å². The Bertz CT molecular complexity index is 1500. The van der Waals surface area contributed by atoms with E-state index >= 15 is 0 Å². The standard InChI is InChI=1S/C27H22Cl2FN3O4S/c1-15(38(35)36)17-4-2-16(3-5-17)12-23(34)31-20-13-21(28)24(22(29)14-20)27(10-11-27)26-32-25(37-33-26)18-6-8-19(30)9-7-18/h2-9,13-15H,10-12H2,1H3,(H,31,34)(H,35,36). The molecule has 1 aliphatic carbocycles. The lowest BCUT2D eigenvalue weighted by atomic mass is 9.94. The Morgan fingerprint density at radius 2 is 1.76 bits per heavy atom. The fraction of sp³-hybridized carbons (Fsp3) is 0.222. The molecule has 1 heterocycles. The first kappa shape index (κ1) is 26.5. The van der Waals surface area contributed by atoms with E-state index in [0.717, 1.165) is 18.4 Å². The zero-order valence-electron chi connectivity index (χ0n) is 20.1. The Hall–Kier alpha value is -3.11. The molecule has 4 aromatic rings. The number of hydrogen-bond donors (Lipinski definition) is 2. The molecular weight excluding hydrogens is 552 g/mol. The second-order valence-corrected chi connectivity index (χ2v) is 11.3. The van der Waals surface area contributed by atoms with E-state index in [4.69, 9.17) is 27.7 Å². The van der Waals surface area contributed by atoms with Gasteiger partial charge in [-0.3, -0.25) is 4.79 Å². The molecule has 1 saturated carbocycles. The van der Waals surface area contributed by atoms with Gasteiger partial charge in [-0.25, -0.2) is 8.60 Å². The Labute approximate surface area is 230 Å². The number of benzene rings is 3. The van der Waals surface area contributed by atoms with Crippen molar-refractivity contribution in [1.29, 1.82) is 0 Å². The van der Waals surface area contributed by atoms with Crippen LogP contribution < -0.4 is 5.32 Å². The molecule has 5 rings (SSSR count). The van der Waals surface area contributed by atoms with E-state index in [-0.39, 0.29) is 24.0 Å². The lowest BCUT2D eigenvalue weighted by Crippen LogP contribution is -2.16. The van der Waals surface area contributed by atoms with Gasteiger partial charge < -0.3 is 14.4 Å². The molecule has 1 amide bonds. The summed E-state index contributed by atoms with van der Waals surface area (Å²) < 4.78 is 39.2. The second kappa shape index (κ2) is 10.6. The summed E-state index contributed by atoms with van der Waals surface area (Å²) in [6, 6.07) is 16.0. The Morgan fingerprint density at radius 1 is 1.13 bits per heavy atom. The van der Waals surface area contributed by atoms with Crippen molar-refractivity contribution >= 4 is 45.9 Å². The Morgan fingerprint density at radius 3 is 2.34 bits per heavy atom. The van der Waals surface area contributed by atoms with Gasteiger partial charge >= 0.3 is 0 Å². The first-order valence-electron chi connectivity index (χ1n) is 11.7. The third-order valence-corrected chi connectivity index (χ3v) is 8.09. The smallest absolute Gasteiger partial charge is 0.257 e. The maximum absolute atomic E-state index is 13.3. The molecule has 2 unspecified atom stereocenters. The normalized spacial score (nSPS) is 15.6. The van der Waals surface area contributed by atoms with Crippen LogP contribution in [-0.4, -0.2) is 24.8 Å². The van der Waals surface area contributed by atoms with Crippen molar-refractivity contribution in [2.75, 3.05) is 5.32 Å². The molecule has 0 spiro atoms. The molecule has 196 valence electrons. The average Bonchev–Trinajstić information content (AvgIpc) is 3.50. The highest BCUT2D eigenvalue weighted by Gasteiger charge is 2.52. The zero-order chi connectivity index (χ0) is 27.0. The number of carbonyl (C=O) groups is 1. The monoisotopic (exact) mass is 573 g/mol. The van der Waals surface area contributed by atoms with Crippen molar-refractivity contribution in [3.8, 4) is 11.5 Å². The fourth-order valence-electron chi connectivity index (χ4n) is 4.35. The van der Waals surface area contributed by atoms with Crippen LogP contribution in [0.1, 0.15) is 47.5 Å². The number of amides is 1. The molecule has 0 saturated heterocycles. The van der Waals surface area contributed by atoms with Crippen molar-refractivity contribution in [3.63, 3.8) is 0 Å². The molecule has 38 heavy (non-hydrogen) atoms. The highest BCUT2D eigenvalue weighted by molar-refractivity contribution is 7.79. The lowest BCUT2D eigenvalue weighted by molar-refractivity contribution is -0.115. The van der Waals surface area contributed by atoms with Crippen LogP contribution >= 0.6 is 23.2 Å². The molecule has 3 aromatic carbocycles. The lowest BCUT2D eigenvalue weighted by Gasteiger charge is -2.17. The van der Waals surface area contributed by atoms with Crippen LogP contribution in [0.15, 0.2) is 65.2 Å². The molecule has 0 aliphatic heterocycles. The molecule has 2 atom stereocenters. The summed E-state index contributed by atoms with van der Waals surface area (Å²) in [6.45, 7) is 1.66. The number of nitrogens with one attached hydrogen (secondary N) is 1. The highest BCUT2D eigenvalue weighted by Crippen LogP contribution is 2.57. The Balaban J connectivity index is 1.31. The first-order valence-corrected chi connectivity index (χ1v) is 13.7. The predicted octanol–water partition coefficient (Wildman–Crippen LogP) is 6.73. The summed E-state index contributed by atoms with van der Waals surface area (Å²) in [5, 5.41) is 7.20. The van der Waals surface area contributed by atoms with Gasteiger partial charge in [0.2, 0.25) is 5.91 Å². The molecule has 1 aromatic heterocycles. The molecule has 1 aliphatic rings. The summed E-state index contributed by atoms with van der Waals surface area (Å²) in [5.41, 5.74) is 2.58. The van der Waals surface area contributed by atoms with Gasteiger partial charge in [0, 0.05) is 26.9 Å². The van der Waals surface area contributed by atoms with Crippen molar-refractivity contribution < 1.29 is 22.5 Å². The van der Waals surface area contributed by atoms with Crippen LogP contribution in [0.3, 0.4) is 0 Å². The minimum absolute atomic E-state index is 0.104. The number of anilines is 1. The molecule has 2 N–H and O–H groups in total. The third kappa shape index (κ3) is 5.37. The highest BCUT2D eigenvalue weighted by atomic mass is 35.5. The topological polar surface area (TPSA) is 105 Å². The quantitative estimate of drug-likeness (QED) is 0.226. The van der Waals surface area contributed by atoms with Gasteiger partial charge in [0.25, 0.3) is 5.89 Å². The first-order chi connectivity index (χ1) is 18.2. The predicted molar refractivity (Wildman–Crippen MR) is 144 cm³/mol. The SMILES string of the molecule is CC(c1ccc(CC(=O)Nc2cc(Cl)c(C3(c4noc(-c5ccc(F)cc5)n4)CC3)c(Cl)c2)cc1)S(=O)O. The Kier molecular flexibility index (Phi) is 7.37. The largest absolute Gasteiger partial charge is 0.334 e. The number of carbonyl (C=O) groups excluding carboxylic acids is 1. The van der Waals surface area contributed by atoms with Crippen molar-refractivity contribution in [1.82, 2.24) is 10.1 Å². The van der Waals surface area contributed by atoms with Gasteiger partial charge in [0.05, 0.1) is 17.1 Å². The van der Waals surface area contributed by atoms with Crippen LogP contribution in [0.25, 0.3) is 11.5 Å². The van der Waals surface area contributed by atoms with Gasteiger partial charge in [-0.2, -0.15) is 4.98 Å². The van der Waals surface area contributed by atoms with Crippen LogP contribution in [0, 0.1) is 5.82 Å². The average molecular weight is 574 g/mol. The van der Waals surface area contributed by atoms with Gasteiger partial charge in [-0.15, -0.1) is 0 Å². The van der Waals surface area contributed by atoms with E-state index in [1.165, 1.54) is 12.1 Å². The molecule has 11 heteroatoms. The number of halogens is 3. The van der Waals surface area contributed by atoms with Gasteiger partial charge in [0.15, 0.2) is 16.9 Å². The summed E-state index contributed by atoms with van der Waals surface area (Å²) in [6.07, 6.45) is 1.55. The molecule has 7 nitrogen and oxygen atoms in total. The van der Waals surface area contributed by atoms with Crippen LogP contribution in [-0.2, 0) is 27.7 Å². The molecule has 0 bridgehead atoms. The van der Waals surface area contributed by atoms with E-state index in [1.807, 2.05) is 0 Å². The summed E-state index contributed by atoms with van der Waals surface area (Å²) >= 11 is 11.4. The van der Waals surface area contributed by atoms with Crippen LogP contribution in [0.2, 0.25) is 10.0 Å². The fourth-order valence-corrected chi connectivity index (χ4v) is 5.59. The second-order valence-electron chi connectivity index (χ2n) is 9.21. The minimum Gasteiger partial charge on any atom is -0.334 e. The summed E-state index contributed by atoms with van der Waals surface area (Å²) in [7, 11) is 0. The van der Waals surface area contributed by atoms with Crippen molar-refractivity contribution in [3.05, 3.63) is 99.0 Å². The van der Waals surface area contributed by atoms with E-state index in [1.54, 1.807) is 55.5 Å². The summed E-state index contributed by atoms with van der Waals surface area (Å²) in [5.74, 6) is 0.0941. The minimum atomic E-state index is -1.96. The van der Waals surface area contributed by atoms with Crippen LogP contribution in [0.4, 0.5) is 10.1 Å². The number of hydrogen-bond acceptors (Lipinski definition) is 5. The molecule has 1 fully saturated rings. The van der Waals surface area contributed by atoms with Crippen LogP contribution in [0.5, 0.6) is 0 Å². The van der Waals surface area contributed by atoms with Gasteiger partial charge in [0.1, 0.15) is 5.82 Å². The zero-order valence-corrected chi connectivity index (χ0v) is 22.4. The van der Waals surface area contributed by atoms with Crippen molar-refractivity contribution in [2.24, 2.45) is 0 Å². The number of nitrogens with zero attached hydrogens (tertiary/aromatic N) is 2. The van der Waals surface area contributed by atoms with E-state index in [9.17, 15) is 17.9 Å². The third-order valence-electron chi connectivity index (χ3n) is 6.62. The van der Waals surface area contributed by atoms with E-state index in [2.05, 4.69) is 15.5 Å². The molecule has 0 radical (unpaired) electrons. The maximum atomic E-state index is 13.3. The van der Waals surface area contributed by atoms with Crippen molar-refractivity contribution in [2.45, 2.75) is 36.9 Å². The number of aromatic nitrogens is 2. The van der Waals surface area contributed by atoms with Gasteiger partial charge in [-0.05, 0) is 67.3 Å². The van der Waals surface area contributed by atoms with E-state index < -0.39 is 21.7 Å².